The lowest BCUT2D eigenvalue weighted by atomic mass is 9.79. The lowest BCUT2D eigenvalue weighted by Gasteiger charge is -2.33. The van der Waals surface area contributed by atoms with Gasteiger partial charge in [0.1, 0.15) is 0 Å². The Morgan fingerprint density at radius 3 is 2.47 bits per heavy atom. The van der Waals surface area contributed by atoms with E-state index in [0.29, 0.717) is 12.3 Å². The Labute approximate surface area is 104 Å². The zero-order valence-corrected chi connectivity index (χ0v) is 11.0. The lowest BCUT2D eigenvalue weighted by molar-refractivity contribution is -0.152. The molecule has 0 spiro atoms. The molecule has 0 heterocycles. The van der Waals surface area contributed by atoms with Gasteiger partial charge in [-0.3, -0.25) is 4.79 Å². The van der Waals surface area contributed by atoms with E-state index in [9.17, 15) is 4.79 Å². The Hall–Kier alpha value is -0.830. The van der Waals surface area contributed by atoms with Gasteiger partial charge in [-0.2, -0.15) is 0 Å². The average Bonchev–Trinajstić information content (AvgIpc) is 2.39. The molecule has 1 rings (SSSR count). The molecule has 0 aromatic rings. The number of methoxy groups -OCH3 is 2. The van der Waals surface area contributed by atoms with Crippen LogP contribution >= 0.6 is 0 Å². The summed E-state index contributed by atoms with van der Waals surface area (Å²) in [6.45, 7) is 3.72. The molecule has 3 heteroatoms. The van der Waals surface area contributed by atoms with Crippen LogP contribution in [0.25, 0.3) is 0 Å². The van der Waals surface area contributed by atoms with Gasteiger partial charge < -0.3 is 9.47 Å². The molecular weight excluding hydrogens is 216 g/mol. The number of hydrogen-bond acceptors (Lipinski definition) is 3. The molecule has 0 radical (unpaired) electrons. The fourth-order valence-corrected chi connectivity index (χ4v) is 2.84. The molecule has 2 atom stereocenters. The Bertz CT molecular complexity index is 244. The Morgan fingerprint density at radius 2 is 2.00 bits per heavy atom. The summed E-state index contributed by atoms with van der Waals surface area (Å²) in [6, 6.07) is 0. The van der Waals surface area contributed by atoms with Gasteiger partial charge in [-0.25, -0.2) is 0 Å². The zero-order valence-electron chi connectivity index (χ0n) is 11.0. The second-order valence-corrected chi connectivity index (χ2v) is 4.75. The SMILES string of the molecule is C=CC[C@@H](C(=O)OC)[C@H](OC)C1CCCCC1. The van der Waals surface area contributed by atoms with Crippen LogP contribution in [0.15, 0.2) is 12.7 Å². The molecule has 3 nitrogen and oxygen atoms in total. The third kappa shape index (κ3) is 3.84. The molecule has 1 saturated carbocycles. The number of carbonyl (C=O) groups excluding carboxylic acids is 1. The van der Waals surface area contributed by atoms with Gasteiger partial charge in [-0.1, -0.05) is 25.3 Å². The van der Waals surface area contributed by atoms with Crippen LogP contribution in [0.3, 0.4) is 0 Å². The van der Waals surface area contributed by atoms with Crippen molar-refractivity contribution in [3.05, 3.63) is 12.7 Å². The van der Waals surface area contributed by atoms with Gasteiger partial charge in [0.25, 0.3) is 0 Å². The molecule has 0 aromatic carbocycles. The van der Waals surface area contributed by atoms with Gasteiger partial charge in [0.2, 0.25) is 0 Å². The average molecular weight is 240 g/mol. The van der Waals surface area contributed by atoms with Crippen molar-refractivity contribution in [2.24, 2.45) is 11.8 Å². The molecule has 98 valence electrons. The van der Waals surface area contributed by atoms with Gasteiger partial charge in [-0.05, 0) is 25.2 Å². The minimum Gasteiger partial charge on any atom is -0.469 e. The topological polar surface area (TPSA) is 35.5 Å². The summed E-state index contributed by atoms with van der Waals surface area (Å²) in [5.41, 5.74) is 0. The molecule has 17 heavy (non-hydrogen) atoms. The van der Waals surface area contributed by atoms with E-state index >= 15 is 0 Å². The van der Waals surface area contributed by atoms with E-state index in [-0.39, 0.29) is 18.0 Å². The summed E-state index contributed by atoms with van der Waals surface area (Å²) in [7, 11) is 3.13. The van der Waals surface area contributed by atoms with Crippen LogP contribution in [0, 0.1) is 11.8 Å². The summed E-state index contributed by atoms with van der Waals surface area (Å²) < 4.78 is 10.5. The van der Waals surface area contributed by atoms with E-state index in [2.05, 4.69) is 6.58 Å². The van der Waals surface area contributed by atoms with E-state index in [4.69, 9.17) is 9.47 Å². The molecule has 0 unspecified atom stereocenters. The normalized spacial score (nSPS) is 20.6. The first-order valence-electron chi connectivity index (χ1n) is 6.46. The van der Waals surface area contributed by atoms with E-state index in [0.717, 1.165) is 12.8 Å². The first-order valence-corrected chi connectivity index (χ1v) is 6.46. The van der Waals surface area contributed by atoms with Crippen molar-refractivity contribution in [2.75, 3.05) is 14.2 Å². The molecule has 1 aliphatic rings. The maximum Gasteiger partial charge on any atom is 0.311 e. The largest absolute Gasteiger partial charge is 0.469 e. The van der Waals surface area contributed by atoms with Crippen molar-refractivity contribution < 1.29 is 14.3 Å². The van der Waals surface area contributed by atoms with E-state index in [1.54, 1.807) is 13.2 Å². The Balaban J connectivity index is 2.71. The Morgan fingerprint density at radius 1 is 1.35 bits per heavy atom. The zero-order chi connectivity index (χ0) is 12.7. The fourth-order valence-electron chi connectivity index (χ4n) is 2.84. The number of rotatable bonds is 6. The van der Waals surface area contributed by atoms with E-state index in [1.165, 1.54) is 26.4 Å². The molecule has 1 aliphatic carbocycles. The van der Waals surface area contributed by atoms with Gasteiger partial charge >= 0.3 is 5.97 Å². The highest BCUT2D eigenvalue weighted by Gasteiger charge is 2.34. The van der Waals surface area contributed by atoms with Gasteiger partial charge in [-0.15, -0.1) is 6.58 Å². The summed E-state index contributed by atoms with van der Waals surface area (Å²) in [4.78, 5) is 11.8. The van der Waals surface area contributed by atoms with Crippen molar-refractivity contribution in [3.63, 3.8) is 0 Å². The van der Waals surface area contributed by atoms with Gasteiger partial charge in [0.15, 0.2) is 0 Å². The van der Waals surface area contributed by atoms with Crippen molar-refractivity contribution in [1.82, 2.24) is 0 Å². The van der Waals surface area contributed by atoms with Crippen molar-refractivity contribution in [1.29, 1.82) is 0 Å². The molecule has 0 aliphatic heterocycles. The van der Waals surface area contributed by atoms with Gasteiger partial charge in [0, 0.05) is 7.11 Å². The maximum atomic E-state index is 11.8. The second kappa shape index (κ2) is 7.49. The van der Waals surface area contributed by atoms with Crippen LogP contribution in [0.4, 0.5) is 0 Å². The highest BCUT2D eigenvalue weighted by molar-refractivity contribution is 5.73. The Kier molecular flexibility index (Phi) is 6.27. The van der Waals surface area contributed by atoms with Crippen LogP contribution in [0.2, 0.25) is 0 Å². The number of hydrogen-bond donors (Lipinski definition) is 0. The monoisotopic (exact) mass is 240 g/mol. The summed E-state index contributed by atoms with van der Waals surface area (Å²) >= 11 is 0. The standard InChI is InChI=1S/C14H24O3/c1-4-8-12(14(15)17-3)13(16-2)11-9-6-5-7-10-11/h4,11-13H,1,5-10H2,2-3H3/t12-,13-/m1/s1. The highest BCUT2D eigenvalue weighted by atomic mass is 16.5. The predicted octanol–water partition coefficient (Wildman–Crippen LogP) is 2.95. The minimum atomic E-state index is -0.203. The maximum absolute atomic E-state index is 11.8. The molecular formula is C14H24O3. The van der Waals surface area contributed by atoms with Gasteiger partial charge in [0.05, 0.1) is 19.1 Å². The van der Waals surface area contributed by atoms with Crippen LogP contribution < -0.4 is 0 Å². The molecule has 0 amide bonds. The van der Waals surface area contributed by atoms with Crippen LogP contribution in [0.5, 0.6) is 0 Å². The minimum absolute atomic E-state index is 0.0271. The number of carbonyl (C=O) groups is 1. The third-order valence-corrected chi connectivity index (χ3v) is 3.71. The van der Waals surface area contributed by atoms with Crippen LogP contribution in [-0.4, -0.2) is 26.3 Å². The molecule has 0 N–H and O–H groups in total. The molecule has 1 fully saturated rings. The van der Waals surface area contributed by atoms with E-state index in [1.807, 2.05) is 0 Å². The van der Waals surface area contributed by atoms with E-state index < -0.39 is 0 Å². The molecule has 0 bridgehead atoms. The predicted molar refractivity (Wildman–Crippen MR) is 67.7 cm³/mol. The smallest absolute Gasteiger partial charge is 0.311 e. The lowest BCUT2D eigenvalue weighted by Crippen LogP contribution is -2.37. The third-order valence-electron chi connectivity index (χ3n) is 3.71. The van der Waals surface area contributed by atoms with Crippen LogP contribution in [-0.2, 0) is 14.3 Å². The highest BCUT2D eigenvalue weighted by Crippen LogP contribution is 2.32. The molecule has 0 saturated heterocycles. The van der Waals surface area contributed by atoms with Crippen molar-refractivity contribution in [3.8, 4) is 0 Å². The summed E-state index contributed by atoms with van der Waals surface area (Å²) in [5.74, 6) is 0.103. The number of esters is 1. The fraction of sp³-hybridized carbons (Fsp3) is 0.786. The number of allylic oxidation sites excluding steroid dienone is 1. The quantitative estimate of drug-likeness (QED) is 0.529. The molecule has 0 aromatic heterocycles. The first kappa shape index (κ1) is 14.2. The first-order chi connectivity index (χ1) is 8.24. The second-order valence-electron chi connectivity index (χ2n) is 4.75. The van der Waals surface area contributed by atoms with Crippen molar-refractivity contribution >= 4 is 5.97 Å². The number of ether oxygens (including phenoxy) is 2. The van der Waals surface area contributed by atoms with Crippen molar-refractivity contribution in [2.45, 2.75) is 44.6 Å². The van der Waals surface area contributed by atoms with Crippen LogP contribution in [0.1, 0.15) is 38.5 Å². The summed E-state index contributed by atoms with van der Waals surface area (Å²) in [5, 5.41) is 0. The summed E-state index contributed by atoms with van der Waals surface area (Å²) in [6.07, 6.45) is 8.47.